The number of hydrogen-bond donors (Lipinski definition) is 0. The first kappa shape index (κ1) is 12.5. The van der Waals surface area contributed by atoms with Gasteiger partial charge in [-0.3, -0.25) is 14.3 Å². The van der Waals surface area contributed by atoms with Crippen LogP contribution in [0.1, 0.15) is 0 Å². The third-order valence-corrected chi connectivity index (χ3v) is 4.09. The second-order valence-electron chi connectivity index (χ2n) is 3.88. The van der Waals surface area contributed by atoms with Crippen LogP contribution in [0.3, 0.4) is 0 Å². The van der Waals surface area contributed by atoms with Crippen LogP contribution in [0.15, 0.2) is 18.2 Å². The van der Waals surface area contributed by atoms with Crippen LogP contribution in [0.2, 0.25) is 0 Å². The van der Waals surface area contributed by atoms with Gasteiger partial charge in [-0.2, -0.15) is 0 Å². The zero-order valence-electron chi connectivity index (χ0n) is 9.54. The Morgan fingerprint density at radius 3 is 2.61 bits per heavy atom. The Bertz CT molecular complexity index is 543. The molecule has 0 bridgehead atoms. The molecule has 1 aliphatic heterocycles. The number of nitrogens with zero attached hydrogens (tertiary/aromatic N) is 3. The Kier molecular flexibility index (Phi) is 3.58. The lowest BCUT2D eigenvalue weighted by Gasteiger charge is -2.28. The molecule has 6 nitrogen and oxygen atoms in total. The lowest BCUT2D eigenvalue weighted by Crippen LogP contribution is -2.37. The van der Waals surface area contributed by atoms with E-state index >= 15 is 0 Å². The van der Waals surface area contributed by atoms with Crippen molar-refractivity contribution in [1.29, 1.82) is 0 Å². The first-order chi connectivity index (χ1) is 8.61. The Labute approximate surface area is 107 Å². The van der Waals surface area contributed by atoms with Gasteiger partial charge in [-0.15, -0.1) is 0 Å². The molecule has 0 aliphatic carbocycles. The van der Waals surface area contributed by atoms with E-state index in [9.17, 15) is 14.3 Å². The molecule has 0 amide bonds. The lowest BCUT2D eigenvalue weighted by atomic mass is 10.2. The molecule has 1 aromatic rings. The molecule has 0 spiro atoms. The predicted molar refractivity (Wildman–Crippen MR) is 69.4 cm³/mol. The summed E-state index contributed by atoms with van der Waals surface area (Å²) in [5, 5.41) is 10.7. The second kappa shape index (κ2) is 5.14. The van der Waals surface area contributed by atoms with Crippen LogP contribution in [-0.4, -0.2) is 33.7 Å². The lowest BCUT2D eigenvalue weighted by molar-refractivity contribution is -0.383. The molecule has 1 saturated heterocycles. The zero-order valence-corrected chi connectivity index (χ0v) is 10.4. The fourth-order valence-electron chi connectivity index (χ4n) is 1.85. The van der Waals surface area contributed by atoms with Crippen molar-refractivity contribution in [2.24, 2.45) is 0 Å². The normalized spacial score (nSPS) is 16.3. The molecule has 1 aromatic carbocycles. The van der Waals surface area contributed by atoms with Crippen molar-refractivity contribution in [1.82, 2.24) is 0 Å². The van der Waals surface area contributed by atoms with E-state index in [1.807, 2.05) is 4.90 Å². The van der Waals surface area contributed by atoms with Crippen LogP contribution in [-0.2, 0) is 10.8 Å². The van der Waals surface area contributed by atoms with Gasteiger partial charge in [0.05, 0.1) is 11.5 Å². The minimum Gasteiger partial charge on any atom is -0.371 e. The number of nitro benzene ring substituents is 1. The summed E-state index contributed by atoms with van der Waals surface area (Å²) < 4.78 is 11.3. The summed E-state index contributed by atoms with van der Waals surface area (Å²) in [6.45, 7) is 8.28. The smallest absolute Gasteiger partial charge is 0.279 e. The van der Waals surface area contributed by atoms with Crippen molar-refractivity contribution in [2.45, 2.75) is 0 Å². The van der Waals surface area contributed by atoms with Crippen LogP contribution in [0.25, 0.3) is 4.85 Å². The van der Waals surface area contributed by atoms with Crippen LogP contribution < -0.4 is 4.90 Å². The maximum Gasteiger partial charge on any atom is 0.279 e. The van der Waals surface area contributed by atoms with Crippen molar-refractivity contribution in [3.05, 3.63) is 39.7 Å². The van der Waals surface area contributed by atoms with Crippen molar-refractivity contribution < 1.29 is 9.13 Å². The summed E-state index contributed by atoms with van der Waals surface area (Å²) in [6.07, 6.45) is 0. The number of rotatable bonds is 2. The van der Waals surface area contributed by atoms with Crippen LogP contribution in [0.5, 0.6) is 0 Å². The summed E-state index contributed by atoms with van der Waals surface area (Å²) in [5.41, 5.74) is 0.654. The van der Waals surface area contributed by atoms with Gasteiger partial charge >= 0.3 is 0 Å². The molecule has 1 heterocycles. The summed E-state index contributed by atoms with van der Waals surface area (Å²) in [6, 6.07) is 4.52. The molecule has 2 rings (SSSR count). The molecule has 0 radical (unpaired) electrons. The van der Waals surface area contributed by atoms with Gasteiger partial charge in [0.1, 0.15) is 0 Å². The van der Waals surface area contributed by atoms with E-state index in [1.165, 1.54) is 12.1 Å². The van der Waals surface area contributed by atoms with Gasteiger partial charge < -0.3 is 4.90 Å². The molecule has 0 aromatic heterocycles. The Morgan fingerprint density at radius 2 is 2.06 bits per heavy atom. The largest absolute Gasteiger partial charge is 0.371 e. The van der Waals surface area contributed by atoms with Gasteiger partial charge in [0.2, 0.25) is 0 Å². The molecule has 0 N–H and O–H groups in total. The van der Waals surface area contributed by atoms with Gasteiger partial charge in [0, 0.05) is 47.1 Å². The highest BCUT2D eigenvalue weighted by Gasteiger charge is 2.19. The molecular formula is C11H11N3O3S. The zero-order chi connectivity index (χ0) is 13.1. The number of nitro groups is 1. The number of hydrogen-bond acceptors (Lipinski definition) is 4. The number of benzene rings is 1. The Balaban J connectivity index is 2.28. The van der Waals surface area contributed by atoms with Crippen LogP contribution in [0, 0.1) is 16.7 Å². The standard InChI is InChI=1S/C11H11N3O3S/c1-12-10-8-9(2-3-11(10)14(15)16)13-4-6-18(17)7-5-13/h2-3,8H,4-7H2. The van der Waals surface area contributed by atoms with E-state index in [2.05, 4.69) is 4.85 Å². The van der Waals surface area contributed by atoms with Crippen molar-refractivity contribution in [3.8, 4) is 0 Å². The molecule has 18 heavy (non-hydrogen) atoms. The topological polar surface area (TPSA) is 67.8 Å². The van der Waals surface area contributed by atoms with Crippen LogP contribution in [0.4, 0.5) is 17.1 Å². The van der Waals surface area contributed by atoms with Gasteiger partial charge in [-0.05, 0) is 12.1 Å². The second-order valence-corrected chi connectivity index (χ2v) is 5.57. The molecule has 0 unspecified atom stereocenters. The van der Waals surface area contributed by atoms with E-state index < -0.39 is 15.7 Å². The quantitative estimate of drug-likeness (QED) is 0.464. The molecule has 7 heteroatoms. The average Bonchev–Trinajstić information content (AvgIpc) is 2.38. The fourth-order valence-corrected chi connectivity index (χ4v) is 2.90. The molecule has 0 saturated carbocycles. The summed E-state index contributed by atoms with van der Waals surface area (Å²) in [7, 11) is -0.764. The van der Waals surface area contributed by atoms with E-state index in [4.69, 9.17) is 6.57 Å². The highest BCUT2D eigenvalue weighted by Crippen LogP contribution is 2.32. The first-order valence-electron chi connectivity index (χ1n) is 5.37. The molecular weight excluding hydrogens is 254 g/mol. The van der Waals surface area contributed by atoms with E-state index in [-0.39, 0.29) is 11.4 Å². The molecule has 0 atom stereocenters. The van der Waals surface area contributed by atoms with Gasteiger partial charge in [-0.1, -0.05) is 0 Å². The maximum atomic E-state index is 11.3. The van der Waals surface area contributed by atoms with Crippen molar-refractivity contribution in [2.75, 3.05) is 29.5 Å². The Hall–Kier alpha value is -1.94. The van der Waals surface area contributed by atoms with Gasteiger partial charge in [0.15, 0.2) is 0 Å². The Morgan fingerprint density at radius 1 is 1.39 bits per heavy atom. The minimum absolute atomic E-state index is 0.0456. The first-order valence-corrected chi connectivity index (χ1v) is 6.86. The monoisotopic (exact) mass is 265 g/mol. The number of anilines is 1. The highest BCUT2D eigenvalue weighted by molar-refractivity contribution is 7.85. The van der Waals surface area contributed by atoms with E-state index in [0.29, 0.717) is 24.6 Å². The van der Waals surface area contributed by atoms with Crippen molar-refractivity contribution in [3.63, 3.8) is 0 Å². The highest BCUT2D eigenvalue weighted by atomic mass is 32.2. The fraction of sp³-hybridized carbons (Fsp3) is 0.364. The minimum atomic E-state index is -0.764. The maximum absolute atomic E-state index is 11.3. The average molecular weight is 265 g/mol. The SMILES string of the molecule is [C-]#[N+]c1cc(N2CCS(=O)CC2)ccc1[N+](=O)[O-]. The van der Waals surface area contributed by atoms with Crippen molar-refractivity contribution >= 4 is 27.9 Å². The third kappa shape index (κ3) is 2.49. The van der Waals surface area contributed by atoms with E-state index in [1.54, 1.807) is 6.07 Å². The third-order valence-electron chi connectivity index (χ3n) is 2.82. The summed E-state index contributed by atoms with van der Waals surface area (Å²) in [5.74, 6) is 1.20. The van der Waals surface area contributed by atoms with Gasteiger partial charge in [0.25, 0.3) is 11.4 Å². The van der Waals surface area contributed by atoms with E-state index in [0.717, 1.165) is 5.69 Å². The predicted octanol–water partition coefficient (Wildman–Crippen LogP) is 1.71. The summed E-state index contributed by atoms with van der Waals surface area (Å²) in [4.78, 5) is 15.4. The molecule has 1 aliphatic rings. The molecule has 94 valence electrons. The van der Waals surface area contributed by atoms with Crippen LogP contribution >= 0.6 is 0 Å². The van der Waals surface area contributed by atoms with Gasteiger partial charge in [-0.25, -0.2) is 4.85 Å². The summed E-state index contributed by atoms with van der Waals surface area (Å²) >= 11 is 0. The molecule has 1 fully saturated rings.